The van der Waals surface area contributed by atoms with Crippen molar-refractivity contribution in [1.29, 1.82) is 0 Å². The summed E-state index contributed by atoms with van der Waals surface area (Å²) in [5.74, 6) is 0. The van der Waals surface area contributed by atoms with Crippen LogP contribution in [0.5, 0.6) is 0 Å². The minimum atomic E-state index is -3.31. The quantitative estimate of drug-likeness (QED) is 0.671. The van der Waals surface area contributed by atoms with Crippen molar-refractivity contribution >= 4 is 43.0 Å². The highest BCUT2D eigenvalue weighted by atomic mass is 32.2. The third-order valence-electron chi connectivity index (χ3n) is 4.07. The molecule has 0 atom stereocenters. The molecule has 0 unspecified atom stereocenters. The molecule has 132 valence electrons. The van der Waals surface area contributed by atoms with Crippen LogP contribution in [0.2, 0.25) is 0 Å². The number of hydrogen-bond donors (Lipinski definition) is 2. The van der Waals surface area contributed by atoms with E-state index in [0.29, 0.717) is 12.2 Å². The predicted molar refractivity (Wildman–Crippen MR) is 106 cm³/mol. The van der Waals surface area contributed by atoms with Crippen molar-refractivity contribution < 1.29 is 8.42 Å². The zero-order valence-electron chi connectivity index (χ0n) is 14.4. The van der Waals surface area contributed by atoms with Crippen LogP contribution in [-0.2, 0) is 16.6 Å². The van der Waals surface area contributed by atoms with Crippen LogP contribution in [0.15, 0.2) is 41.9 Å². The SMILES string of the molecule is Cc1c(NCc2ccc(NS(=O)(=O)C(C)C)cc2)ccc2ncsc12. The average molecular weight is 376 g/mol. The van der Waals surface area contributed by atoms with Gasteiger partial charge in [-0.05, 0) is 56.2 Å². The van der Waals surface area contributed by atoms with E-state index in [0.717, 1.165) is 16.8 Å². The van der Waals surface area contributed by atoms with Gasteiger partial charge in [-0.1, -0.05) is 12.1 Å². The molecule has 2 N–H and O–H groups in total. The molecule has 7 heteroatoms. The molecule has 0 aliphatic rings. The molecule has 25 heavy (non-hydrogen) atoms. The highest BCUT2D eigenvalue weighted by molar-refractivity contribution is 7.93. The molecule has 0 amide bonds. The zero-order chi connectivity index (χ0) is 18.0. The van der Waals surface area contributed by atoms with Crippen LogP contribution in [0.25, 0.3) is 10.2 Å². The number of thiazole rings is 1. The number of rotatable bonds is 6. The van der Waals surface area contributed by atoms with Crippen LogP contribution in [0.1, 0.15) is 25.0 Å². The molecule has 0 fully saturated rings. The second kappa shape index (κ2) is 7.01. The summed E-state index contributed by atoms with van der Waals surface area (Å²) in [4.78, 5) is 4.32. The fraction of sp³-hybridized carbons (Fsp3) is 0.278. The Balaban J connectivity index is 1.68. The summed E-state index contributed by atoms with van der Waals surface area (Å²) in [5, 5.41) is 2.98. The smallest absolute Gasteiger partial charge is 0.235 e. The fourth-order valence-corrected chi connectivity index (χ4v) is 3.93. The second-order valence-electron chi connectivity index (χ2n) is 6.19. The summed E-state index contributed by atoms with van der Waals surface area (Å²) < 4.78 is 27.6. The third-order valence-corrected chi connectivity index (χ3v) is 6.79. The first-order chi connectivity index (χ1) is 11.9. The van der Waals surface area contributed by atoms with E-state index in [2.05, 4.69) is 21.9 Å². The molecule has 1 heterocycles. The maximum absolute atomic E-state index is 11.9. The van der Waals surface area contributed by atoms with E-state index >= 15 is 0 Å². The number of hydrogen-bond acceptors (Lipinski definition) is 5. The van der Waals surface area contributed by atoms with Crippen LogP contribution >= 0.6 is 11.3 Å². The lowest BCUT2D eigenvalue weighted by atomic mass is 10.1. The van der Waals surface area contributed by atoms with E-state index in [4.69, 9.17) is 0 Å². The first-order valence-corrected chi connectivity index (χ1v) is 10.5. The number of nitrogens with zero attached hydrogens (tertiary/aromatic N) is 1. The number of anilines is 2. The van der Waals surface area contributed by atoms with Crippen LogP contribution < -0.4 is 10.0 Å². The summed E-state index contributed by atoms with van der Waals surface area (Å²) in [6.45, 7) is 6.07. The van der Waals surface area contributed by atoms with E-state index in [-0.39, 0.29) is 0 Å². The molecule has 0 saturated heterocycles. The van der Waals surface area contributed by atoms with Crippen LogP contribution in [0.4, 0.5) is 11.4 Å². The van der Waals surface area contributed by atoms with Gasteiger partial charge in [0.25, 0.3) is 0 Å². The van der Waals surface area contributed by atoms with Gasteiger partial charge in [0.15, 0.2) is 0 Å². The van der Waals surface area contributed by atoms with Gasteiger partial charge in [-0.15, -0.1) is 11.3 Å². The first-order valence-electron chi connectivity index (χ1n) is 8.04. The highest BCUT2D eigenvalue weighted by Gasteiger charge is 2.15. The van der Waals surface area contributed by atoms with E-state index in [1.807, 2.05) is 29.8 Å². The Morgan fingerprint density at radius 1 is 1.12 bits per heavy atom. The minimum Gasteiger partial charge on any atom is -0.381 e. The lowest BCUT2D eigenvalue weighted by molar-refractivity contribution is 0.593. The number of aryl methyl sites for hydroxylation is 1. The zero-order valence-corrected chi connectivity index (χ0v) is 16.0. The molecule has 5 nitrogen and oxygen atoms in total. The fourth-order valence-electron chi connectivity index (χ4n) is 2.43. The Morgan fingerprint density at radius 3 is 2.52 bits per heavy atom. The van der Waals surface area contributed by atoms with E-state index < -0.39 is 15.3 Å². The summed E-state index contributed by atoms with van der Waals surface area (Å²) in [6, 6.07) is 11.5. The third kappa shape index (κ3) is 3.93. The number of fused-ring (bicyclic) bond motifs is 1. The van der Waals surface area contributed by atoms with Crippen molar-refractivity contribution in [3.63, 3.8) is 0 Å². The van der Waals surface area contributed by atoms with E-state index in [1.165, 1.54) is 10.3 Å². The molecular weight excluding hydrogens is 354 g/mol. The summed E-state index contributed by atoms with van der Waals surface area (Å²) >= 11 is 1.64. The standard InChI is InChI=1S/C18H21N3O2S2/c1-12(2)25(22,23)21-15-6-4-14(5-7-15)10-19-16-8-9-17-18(13(16)3)24-11-20-17/h4-9,11-12,19,21H,10H2,1-3H3. The van der Waals surface area contributed by atoms with Gasteiger partial charge >= 0.3 is 0 Å². The molecule has 0 aliphatic carbocycles. The Morgan fingerprint density at radius 2 is 1.84 bits per heavy atom. The number of nitrogens with one attached hydrogen (secondary N) is 2. The molecule has 3 aromatic rings. The van der Waals surface area contributed by atoms with Gasteiger partial charge in [0.1, 0.15) is 0 Å². The Bertz CT molecular complexity index is 977. The molecule has 0 bridgehead atoms. The molecule has 0 aliphatic heterocycles. The lowest BCUT2D eigenvalue weighted by Crippen LogP contribution is -2.22. The Kier molecular flexibility index (Phi) is 4.96. The Labute approximate surface area is 152 Å². The molecule has 3 rings (SSSR count). The monoisotopic (exact) mass is 375 g/mol. The van der Waals surface area contributed by atoms with Crippen molar-refractivity contribution in [3.05, 3.63) is 53.0 Å². The van der Waals surface area contributed by atoms with Gasteiger partial charge in [0.2, 0.25) is 10.0 Å². The number of aromatic nitrogens is 1. The van der Waals surface area contributed by atoms with Crippen molar-refractivity contribution in [2.24, 2.45) is 0 Å². The van der Waals surface area contributed by atoms with Crippen LogP contribution in [0.3, 0.4) is 0 Å². The van der Waals surface area contributed by atoms with E-state index in [1.54, 1.807) is 37.3 Å². The number of sulfonamides is 1. The van der Waals surface area contributed by atoms with Gasteiger partial charge in [0, 0.05) is 17.9 Å². The largest absolute Gasteiger partial charge is 0.381 e. The topological polar surface area (TPSA) is 71.1 Å². The Hall–Kier alpha value is -2.12. The lowest BCUT2D eigenvalue weighted by Gasteiger charge is -2.12. The first kappa shape index (κ1) is 17.7. The second-order valence-corrected chi connectivity index (χ2v) is 9.28. The summed E-state index contributed by atoms with van der Waals surface area (Å²) in [5.41, 5.74) is 6.83. The van der Waals surface area contributed by atoms with Gasteiger partial charge < -0.3 is 5.32 Å². The van der Waals surface area contributed by atoms with Crippen molar-refractivity contribution in [2.75, 3.05) is 10.0 Å². The van der Waals surface area contributed by atoms with Gasteiger partial charge in [0.05, 0.1) is 21.0 Å². The molecule has 2 aromatic carbocycles. The molecule has 0 saturated carbocycles. The maximum atomic E-state index is 11.9. The predicted octanol–water partition coefficient (Wildman–Crippen LogP) is 4.37. The summed E-state index contributed by atoms with van der Waals surface area (Å²) in [7, 11) is -3.31. The number of benzene rings is 2. The van der Waals surface area contributed by atoms with Crippen LogP contribution in [-0.4, -0.2) is 18.7 Å². The van der Waals surface area contributed by atoms with Crippen LogP contribution in [0, 0.1) is 6.92 Å². The molecule has 1 aromatic heterocycles. The van der Waals surface area contributed by atoms with Crippen molar-refractivity contribution in [1.82, 2.24) is 4.98 Å². The summed E-state index contributed by atoms with van der Waals surface area (Å²) in [6.07, 6.45) is 0. The van der Waals surface area contributed by atoms with E-state index in [9.17, 15) is 8.42 Å². The average Bonchev–Trinajstić information content (AvgIpc) is 3.05. The maximum Gasteiger partial charge on any atom is 0.235 e. The van der Waals surface area contributed by atoms with Gasteiger partial charge in [-0.3, -0.25) is 4.72 Å². The minimum absolute atomic E-state index is 0.460. The highest BCUT2D eigenvalue weighted by Crippen LogP contribution is 2.28. The van der Waals surface area contributed by atoms with Crippen molar-refractivity contribution in [2.45, 2.75) is 32.6 Å². The van der Waals surface area contributed by atoms with Crippen molar-refractivity contribution in [3.8, 4) is 0 Å². The van der Waals surface area contributed by atoms with Gasteiger partial charge in [-0.25, -0.2) is 13.4 Å². The molecule has 0 radical (unpaired) electrons. The van der Waals surface area contributed by atoms with Gasteiger partial charge in [-0.2, -0.15) is 0 Å². The molecule has 0 spiro atoms. The normalized spacial score (nSPS) is 11.8. The molecular formula is C18H21N3O2S2.